The third kappa shape index (κ3) is 1.48. The Labute approximate surface area is 89.1 Å². The Bertz CT molecular complexity index is 441. The number of nitrogens with one attached hydrogen (secondary N) is 1. The van der Waals surface area contributed by atoms with E-state index in [4.69, 9.17) is 0 Å². The molecule has 1 N–H and O–H groups in total. The molecule has 2 aromatic rings. The van der Waals surface area contributed by atoms with Gasteiger partial charge in [0.15, 0.2) is 0 Å². The van der Waals surface area contributed by atoms with Crippen molar-refractivity contribution in [2.24, 2.45) is 5.92 Å². The van der Waals surface area contributed by atoms with Gasteiger partial charge in [0.2, 0.25) is 5.95 Å². The Kier molecular flexibility index (Phi) is 1.91. The van der Waals surface area contributed by atoms with E-state index in [1.165, 1.54) is 6.42 Å². The van der Waals surface area contributed by atoms with Gasteiger partial charge in [-0.05, 0) is 24.5 Å². The molecular formula is C12H15N3. The van der Waals surface area contributed by atoms with E-state index in [1.54, 1.807) is 0 Å². The molecule has 1 unspecified atom stereocenters. The predicted molar refractivity (Wildman–Crippen MR) is 62.1 cm³/mol. The Morgan fingerprint density at radius 2 is 2.27 bits per heavy atom. The van der Waals surface area contributed by atoms with E-state index in [0.29, 0.717) is 0 Å². The summed E-state index contributed by atoms with van der Waals surface area (Å²) in [5.41, 5.74) is 2.19. The van der Waals surface area contributed by atoms with Gasteiger partial charge in [0.1, 0.15) is 0 Å². The molecule has 0 radical (unpaired) electrons. The molecule has 1 atom stereocenters. The first-order chi connectivity index (χ1) is 7.33. The molecule has 1 aliphatic rings. The van der Waals surface area contributed by atoms with Crippen molar-refractivity contribution in [1.29, 1.82) is 0 Å². The molecule has 0 spiro atoms. The number of H-pyrrole nitrogens is 1. The van der Waals surface area contributed by atoms with Crippen LogP contribution in [0.5, 0.6) is 0 Å². The summed E-state index contributed by atoms with van der Waals surface area (Å²) in [7, 11) is 0. The normalized spacial score (nSPS) is 21.4. The highest BCUT2D eigenvalue weighted by Crippen LogP contribution is 2.23. The van der Waals surface area contributed by atoms with Gasteiger partial charge in [-0.3, -0.25) is 0 Å². The van der Waals surface area contributed by atoms with Crippen molar-refractivity contribution in [3.8, 4) is 0 Å². The van der Waals surface area contributed by atoms with Crippen molar-refractivity contribution in [2.75, 3.05) is 18.0 Å². The van der Waals surface area contributed by atoms with Crippen LogP contribution in [0, 0.1) is 5.92 Å². The monoisotopic (exact) mass is 201 g/mol. The average Bonchev–Trinajstić information content (AvgIpc) is 2.82. The number of hydrogen-bond donors (Lipinski definition) is 1. The zero-order valence-corrected chi connectivity index (χ0v) is 8.90. The molecule has 1 aromatic heterocycles. The van der Waals surface area contributed by atoms with Gasteiger partial charge in [0.25, 0.3) is 0 Å². The highest BCUT2D eigenvalue weighted by molar-refractivity contribution is 5.77. The van der Waals surface area contributed by atoms with Crippen LogP contribution >= 0.6 is 0 Å². The SMILES string of the molecule is CC1CCN(c2nc3ccccc3[nH]2)C1. The molecule has 1 aromatic carbocycles. The third-order valence-electron chi connectivity index (χ3n) is 3.10. The summed E-state index contributed by atoms with van der Waals surface area (Å²) < 4.78 is 0. The number of anilines is 1. The van der Waals surface area contributed by atoms with Crippen LogP contribution < -0.4 is 4.90 Å². The highest BCUT2D eigenvalue weighted by atomic mass is 15.3. The molecule has 1 aliphatic heterocycles. The van der Waals surface area contributed by atoms with Gasteiger partial charge < -0.3 is 9.88 Å². The van der Waals surface area contributed by atoms with Crippen molar-refractivity contribution >= 4 is 17.0 Å². The van der Waals surface area contributed by atoms with Crippen molar-refractivity contribution in [3.05, 3.63) is 24.3 Å². The molecule has 0 aliphatic carbocycles. The Morgan fingerprint density at radius 3 is 3.00 bits per heavy atom. The average molecular weight is 201 g/mol. The van der Waals surface area contributed by atoms with Crippen LogP contribution in [0.3, 0.4) is 0 Å². The van der Waals surface area contributed by atoms with E-state index in [9.17, 15) is 0 Å². The number of aromatic amines is 1. The summed E-state index contributed by atoms with van der Waals surface area (Å²) in [6, 6.07) is 8.19. The van der Waals surface area contributed by atoms with Crippen molar-refractivity contribution in [1.82, 2.24) is 9.97 Å². The number of fused-ring (bicyclic) bond motifs is 1. The number of para-hydroxylation sites is 2. The minimum Gasteiger partial charge on any atom is -0.342 e. The fraction of sp³-hybridized carbons (Fsp3) is 0.417. The smallest absolute Gasteiger partial charge is 0.203 e. The zero-order valence-electron chi connectivity index (χ0n) is 8.90. The van der Waals surface area contributed by atoms with E-state index < -0.39 is 0 Å². The fourth-order valence-corrected chi connectivity index (χ4v) is 2.22. The molecule has 15 heavy (non-hydrogen) atoms. The standard InChI is InChI=1S/C12H15N3/c1-9-6-7-15(8-9)12-13-10-4-2-3-5-11(10)14-12/h2-5,9H,6-8H2,1H3,(H,13,14). The highest BCUT2D eigenvalue weighted by Gasteiger charge is 2.20. The van der Waals surface area contributed by atoms with E-state index in [2.05, 4.69) is 33.9 Å². The first kappa shape index (κ1) is 8.77. The van der Waals surface area contributed by atoms with Gasteiger partial charge in [-0.25, -0.2) is 4.98 Å². The lowest BCUT2D eigenvalue weighted by molar-refractivity contribution is 0.658. The molecule has 0 bridgehead atoms. The van der Waals surface area contributed by atoms with Gasteiger partial charge in [-0.15, -0.1) is 0 Å². The van der Waals surface area contributed by atoms with Gasteiger partial charge in [-0.2, -0.15) is 0 Å². The summed E-state index contributed by atoms with van der Waals surface area (Å²) in [4.78, 5) is 10.3. The second-order valence-electron chi connectivity index (χ2n) is 4.42. The molecule has 3 heteroatoms. The summed E-state index contributed by atoms with van der Waals surface area (Å²) in [6.07, 6.45) is 1.27. The van der Waals surface area contributed by atoms with Crippen LogP contribution in [-0.2, 0) is 0 Å². The quantitative estimate of drug-likeness (QED) is 0.768. The molecule has 1 fully saturated rings. The molecule has 3 nitrogen and oxygen atoms in total. The van der Waals surface area contributed by atoms with E-state index >= 15 is 0 Å². The molecular weight excluding hydrogens is 186 g/mol. The number of aromatic nitrogens is 2. The number of nitrogens with zero attached hydrogens (tertiary/aromatic N) is 2. The van der Waals surface area contributed by atoms with Crippen molar-refractivity contribution in [3.63, 3.8) is 0 Å². The maximum Gasteiger partial charge on any atom is 0.203 e. The number of hydrogen-bond acceptors (Lipinski definition) is 2. The minimum atomic E-state index is 0.790. The van der Waals surface area contributed by atoms with Crippen LogP contribution in [0.2, 0.25) is 0 Å². The Balaban J connectivity index is 1.98. The molecule has 2 heterocycles. The van der Waals surface area contributed by atoms with Crippen LogP contribution in [0.25, 0.3) is 11.0 Å². The molecule has 0 amide bonds. The lowest BCUT2D eigenvalue weighted by Crippen LogP contribution is -2.20. The summed E-state index contributed by atoms with van der Waals surface area (Å²) in [6.45, 7) is 4.55. The lowest BCUT2D eigenvalue weighted by atomic mass is 10.2. The summed E-state index contributed by atoms with van der Waals surface area (Å²) in [5.74, 6) is 1.82. The van der Waals surface area contributed by atoms with Gasteiger partial charge >= 0.3 is 0 Å². The van der Waals surface area contributed by atoms with Gasteiger partial charge in [0.05, 0.1) is 11.0 Å². The van der Waals surface area contributed by atoms with E-state index in [0.717, 1.165) is 36.0 Å². The fourth-order valence-electron chi connectivity index (χ4n) is 2.22. The van der Waals surface area contributed by atoms with E-state index in [-0.39, 0.29) is 0 Å². The predicted octanol–water partition coefficient (Wildman–Crippen LogP) is 2.41. The maximum absolute atomic E-state index is 4.60. The Hall–Kier alpha value is -1.51. The Morgan fingerprint density at radius 1 is 1.40 bits per heavy atom. The maximum atomic E-state index is 4.60. The number of benzene rings is 1. The largest absolute Gasteiger partial charge is 0.342 e. The first-order valence-electron chi connectivity index (χ1n) is 5.52. The minimum absolute atomic E-state index is 0.790. The molecule has 78 valence electrons. The number of imidazole rings is 1. The van der Waals surface area contributed by atoms with Gasteiger partial charge in [0, 0.05) is 13.1 Å². The van der Waals surface area contributed by atoms with Crippen LogP contribution in [0.15, 0.2) is 24.3 Å². The third-order valence-corrected chi connectivity index (χ3v) is 3.10. The first-order valence-corrected chi connectivity index (χ1v) is 5.52. The second kappa shape index (κ2) is 3.26. The van der Waals surface area contributed by atoms with Crippen molar-refractivity contribution < 1.29 is 0 Å². The summed E-state index contributed by atoms with van der Waals surface area (Å²) in [5, 5.41) is 0. The zero-order chi connectivity index (χ0) is 10.3. The van der Waals surface area contributed by atoms with Gasteiger partial charge in [-0.1, -0.05) is 19.1 Å². The van der Waals surface area contributed by atoms with E-state index in [1.807, 2.05) is 12.1 Å². The topological polar surface area (TPSA) is 31.9 Å². The molecule has 1 saturated heterocycles. The molecule has 3 rings (SSSR count). The van der Waals surface area contributed by atoms with Crippen LogP contribution in [0.1, 0.15) is 13.3 Å². The van der Waals surface area contributed by atoms with Crippen LogP contribution in [-0.4, -0.2) is 23.1 Å². The molecule has 0 saturated carbocycles. The summed E-state index contributed by atoms with van der Waals surface area (Å²) >= 11 is 0. The lowest BCUT2D eigenvalue weighted by Gasteiger charge is -2.13. The number of rotatable bonds is 1. The second-order valence-corrected chi connectivity index (χ2v) is 4.42. The van der Waals surface area contributed by atoms with Crippen molar-refractivity contribution in [2.45, 2.75) is 13.3 Å². The van der Waals surface area contributed by atoms with Crippen LogP contribution in [0.4, 0.5) is 5.95 Å².